The first-order valence-corrected chi connectivity index (χ1v) is 9.68. The molecule has 6 N–H and O–H groups in total. The van der Waals surface area contributed by atoms with Crippen LogP contribution in [0.4, 0.5) is 0 Å². The standard InChI is InChI=1S/C10H24N2O6P2/c1-8-5-4-6-12(2,3)9(8)7-10(11,19(13,14)15)20(16,17)18/h8-9H,4-7,11H2,1-3H3,(H3-,13,14,15,16,17,18)/p+1. The van der Waals surface area contributed by atoms with Gasteiger partial charge in [0.05, 0.1) is 26.7 Å². The number of piperidine rings is 1. The first-order valence-electron chi connectivity index (χ1n) is 6.45. The van der Waals surface area contributed by atoms with E-state index in [-0.39, 0.29) is 12.0 Å². The maximum atomic E-state index is 11.6. The summed E-state index contributed by atoms with van der Waals surface area (Å²) < 4.78 is 23.6. The second-order valence-corrected chi connectivity index (χ2v) is 10.5. The minimum absolute atomic E-state index is 0.0831. The van der Waals surface area contributed by atoms with Crippen LogP contribution < -0.4 is 5.73 Å². The van der Waals surface area contributed by atoms with E-state index in [0.29, 0.717) is 4.48 Å². The van der Waals surface area contributed by atoms with Gasteiger partial charge in [0, 0.05) is 12.3 Å². The van der Waals surface area contributed by atoms with Crippen LogP contribution in [0.15, 0.2) is 0 Å². The molecule has 120 valence electrons. The predicted octanol–water partition coefficient (Wildman–Crippen LogP) is 0.219. The van der Waals surface area contributed by atoms with E-state index < -0.39 is 26.6 Å². The largest absolute Gasteiger partial charge is 0.357 e. The van der Waals surface area contributed by atoms with Crippen molar-refractivity contribution in [2.75, 3.05) is 20.6 Å². The van der Waals surface area contributed by atoms with Crippen LogP contribution in [0.2, 0.25) is 0 Å². The van der Waals surface area contributed by atoms with Gasteiger partial charge in [-0.2, -0.15) is 0 Å². The molecule has 0 aromatic rings. The Balaban J connectivity index is 3.20. The molecule has 8 nitrogen and oxygen atoms in total. The van der Waals surface area contributed by atoms with Crippen LogP contribution in [-0.2, 0) is 9.13 Å². The van der Waals surface area contributed by atoms with Crippen molar-refractivity contribution in [1.82, 2.24) is 0 Å². The molecular weight excluding hydrogens is 306 g/mol. The van der Waals surface area contributed by atoms with Gasteiger partial charge < -0.3 is 29.8 Å². The topological polar surface area (TPSA) is 141 Å². The number of quaternary nitrogens is 1. The Kier molecular flexibility index (Phi) is 4.98. The van der Waals surface area contributed by atoms with Crippen LogP contribution in [-0.4, -0.2) is 55.8 Å². The molecule has 1 aliphatic rings. The first-order chi connectivity index (χ1) is 8.72. The fourth-order valence-corrected chi connectivity index (χ4v) is 5.24. The Labute approximate surface area is 118 Å². The van der Waals surface area contributed by atoms with Crippen molar-refractivity contribution >= 4 is 15.2 Å². The van der Waals surface area contributed by atoms with Gasteiger partial charge in [-0.1, -0.05) is 6.92 Å². The van der Waals surface area contributed by atoms with E-state index in [0.717, 1.165) is 19.4 Å². The van der Waals surface area contributed by atoms with Crippen molar-refractivity contribution in [1.29, 1.82) is 0 Å². The molecule has 0 bridgehead atoms. The Hall–Kier alpha value is 0.220. The molecule has 0 saturated carbocycles. The highest BCUT2D eigenvalue weighted by Gasteiger charge is 2.60. The van der Waals surface area contributed by atoms with Crippen LogP contribution in [0, 0.1) is 5.92 Å². The second-order valence-electron chi connectivity index (χ2n) is 6.36. The molecule has 10 heteroatoms. The quantitative estimate of drug-likeness (QED) is 0.366. The van der Waals surface area contributed by atoms with Crippen molar-refractivity contribution in [2.45, 2.75) is 37.2 Å². The lowest BCUT2D eigenvalue weighted by molar-refractivity contribution is -0.924. The molecule has 1 aliphatic heterocycles. The van der Waals surface area contributed by atoms with Crippen molar-refractivity contribution in [3.63, 3.8) is 0 Å². The van der Waals surface area contributed by atoms with E-state index in [1.165, 1.54) is 0 Å². The van der Waals surface area contributed by atoms with Crippen LogP contribution in [0.25, 0.3) is 0 Å². The number of hydrogen-bond acceptors (Lipinski definition) is 3. The summed E-state index contributed by atoms with van der Waals surface area (Å²) in [5.41, 5.74) is 5.53. The maximum Gasteiger partial charge on any atom is 0.357 e. The van der Waals surface area contributed by atoms with E-state index in [1.54, 1.807) is 0 Å². The molecule has 0 radical (unpaired) electrons. The third kappa shape index (κ3) is 3.34. The summed E-state index contributed by atoms with van der Waals surface area (Å²) in [4.78, 5) is 37.4. The van der Waals surface area contributed by atoms with Gasteiger partial charge >= 0.3 is 15.2 Å². The Morgan fingerprint density at radius 3 is 2.00 bits per heavy atom. The highest BCUT2D eigenvalue weighted by Crippen LogP contribution is 2.68. The minimum atomic E-state index is -5.15. The summed E-state index contributed by atoms with van der Waals surface area (Å²) in [5, 5.41) is -2.81. The monoisotopic (exact) mass is 331 g/mol. The summed E-state index contributed by atoms with van der Waals surface area (Å²) >= 11 is 0. The van der Waals surface area contributed by atoms with Crippen LogP contribution in [0.1, 0.15) is 26.2 Å². The fourth-order valence-electron chi connectivity index (χ4n) is 3.03. The van der Waals surface area contributed by atoms with Crippen molar-refractivity contribution in [2.24, 2.45) is 11.7 Å². The Morgan fingerprint density at radius 2 is 1.65 bits per heavy atom. The third-order valence-electron chi connectivity index (χ3n) is 4.47. The van der Waals surface area contributed by atoms with Crippen molar-refractivity contribution in [3.8, 4) is 0 Å². The normalized spacial score (nSPS) is 28.4. The van der Waals surface area contributed by atoms with Crippen molar-refractivity contribution in [3.05, 3.63) is 0 Å². The summed E-state index contributed by atoms with van der Waals surface area (Å²) in [6.45, 7) is 2.71. The molecule has 1 saturated heterocycles. The zero-order chi connectivity index (χ0) is 16.0. The van der Waals surface area contributed by atoms with E-state index in [4.69, 9.17) is 5.73 Å². The summed E-state index contributed by atoms with van der Waals surface area (Å²) in [7, 11) is -6.53. The first kappa shape index (κ1) is 18.3. The lowest BCUT2D eigenvalue weighted by Crippen LogP contribution is -2.59. The number of hydrogen-bond donors (Lipinski definition) is 5. The summed E-state index contributed by atoms with van der Waals surface area (Å²) in [5.74, 6) is 0.0831. The zero-order valence-electron chi connectivity index (χ0n) is 12.0. The number of nitrogens with zero attached hydrogens (tertiary/aromatic N) is 1. The summed E-state index contributed by atoms with van der Waals surface area (Å²) in [6, 6.07) is -0.311. The maximum absolute atomic E-state index is 11.6. The third-order valence-corrected chi connectivity index (χ3v) is 8.41. The number of likely N-dealkylation sites (tertiary alicyclic amines) is 1. The van der Waals surface area contributed by atoms with Gasteiger partial charge in [0.2, 0.25) is 5.02 Å². The molecule has 0 amide bonds. The molecule has 0 aliphatic carbocycles. The van der Waals surface area contributed by atoms with E-state index in [2.05, 4.69) is 0 Å². The molecule has 1 fully saturated rings. The fraction of sp³-hybridized carbons (Fsp3) is 1.00. The van der Waals surface area contributed by atoms with Gasteiger partial charge in [0.25, 0.3) is 0 Å². The van der Waals surface area contributed by atoms with Gasteiger partial charge in [0.15, 0.2) is 0 Å². The van der Waals surface area contributed by atoms with E-state index in [1.807, 2.05) is 21.0 Å². The van der Waals surface area contributed by atoms with Gasteiger partial charge in [0.1, 0.15) is 0 Å². The van der Waals surface area contributed by atoms with E-state index >= 15 is 0 Å². The predicted molar refractivity (Wildman–Crippen MR) is 74.8 cm³/mol. The molecule has 2 unspecified atom stereocenters. The van der Waals surface area contributed by atoms with Gasteiger partial charge in [-0.05, 0) is 12.8 Å². The summed E-state index contributed by atoms with van der Waals surface area (Å²) in [6.07, 6.45) is 1.41. The number of rotatable bonds is 4. The average Bonchev–Trinajstić information content (AvgIpc) is 2.19. The van der Waals surface area contributed by atoms with Crippen LogP contribution in [0.5, 0.6) is 0 Å². The Bertz CT molecular complexity index is 435. The van der Waals surface area contributed by atoms with Gasteiger partial charge in [-0.15, -0.1) is 0 Å². The van der Waals surface area contributed by atoms with Gasteiger partial charge in [-0.3, -0.25) is 9.13 Å². The zero-order valence-corrected chi connectivity index (χ0v) is 13.8. The van der Waals surface area contributed by atoms with Crippen LogP contribution >= 0.6 is 15.2 Å². The molecule has 2 atom stereocenters. The van der Waals surface area contributed by atoms with Crippen LogP contribution in [0.3, 0.4) is 0 Å². The van der Waals surface area contributed by atoms with Crippen molar-refractivity contribution < 1.29 is 33.2 Å². The molecule has 0 spiro atoms. The SMILES string of the molecule is CC1CCC[N+](C)(C)C1CC(N)(P(=O)(O)O)P(=O)(O)O. The molecule has 1 heterocycles. The lowest BCUT2D eigenvalue weighted by atomic mass is 9.87. The highest BCUT2D eigenvalue weighted by molar-refractivity contribution is 7.72. The molecule has 0 aromatic heterocycles. The Morgan fingerprint density at radius 1 is 1.20 bits per heavy atom. The minimum Gasteiger partial charge on any atom is -0.326 e. The second kappa shape index (κ2) is 5.45. The molecule has 0 aromatic carbocycles. The number of nitrogens with two attached hydrogens (primary N) is 1. The van der Waals surface area contributed by atoms with E-state index in [9.17, 15) is 28.7 Å². The smallest absolute Gasteiger partial charge is 0.326 e. The molecular formula is C10H25N2O6P2+. The average molecular weight is 331 g/mol. The van der Waals surface area contributed by atoms with Gasteiger partial charge in [-0.25, -0.2) is 0 Å². The lowest BCUT2D eigenvalue weighted by Gasteiger charge is -2.47. The highest BCUT2D eigenvalue weighted by atomic mass is 31.2. The molecule has 20 heavy (non-hydrogen) atoms. The molecule has 1 rings (SSSR count).